The van der Waals surface area contributed by atoms with Gasteiger partial charge in [-0.25, -0.2) is 0 Å². The van der Waals surface area contributed by atoms with Gasteiger partial charge in [-0.1, -0.05) is 130 Å². The number of imidazole rings is 1. The number of rotatable bonds is 6. The Morgan fingerprint density at radius 2 is 1.39 bits per heavy atom. The first-order valence-corrected chi connectivity index (χ1v) is 16.5. The summed E-state index contributed by atoms with van der Waals surface area (Å²) in [5, 5.41) is 1.01. The molecule has 0 aliphatic carbocycles. The summed E-state index contributed by atoms with van der Waals surface area (Å²) in [6.07, 6.45) is 5.01. The van der Waals surface area contributed by atoms with E-state index in [9.17, 15) is 0 Å². The second-order valence-corrected chi connectivity index (χ2v) is 12.5. The van der Waals surface area contributed by atoms with Crippen LogP contribution >= 0.6 is 0 Å². The van der Waals surface area contributed by atoms with Crippen LogP contribution in [0.25, 0.3) is 61.5 Å². The summed E-state index contributed by atoms with van der Waals surface area (Å²) in [7, 11) is 0. The third-order valence-corrected chi connectivity index (χ3v) is 8.62. The van der Waals surface area contributed by atoms with Gasteiger partial charge in [-0.3, -0.25) is 4.98 Å². The Kier molecular flexibility index (Phi) is 10.3. The predicted molar refractivity (Wildman–Crippen MR) is 197 cm³/mol. The van der Waals surface area contributed by atoms with Gasteiger partial charge >= 0.3 is 0 Å². The standard InChI is InChI=1S/C33H29N2O.C11H8N.Ir/c1-21(2)25-13-10-14-26(22(3)4)32(25)35-30-16-9-8-15-29(30)34-33(35)28-20-36-31-18-17-24(19-27(28)31)23-11-6-5-7-12-23;1-2-6-10(7-3-1)11-8-4-5-9-12-11;/h5-19,21-22H,1-4H3;1-6,8-9H;/q2*-1;. The Hall–Kier alpha value is -5.09. The molecule has 0 fully saturated rings. The van der Waals surface area contributed by atoms with Crippen molar-refractivity contribution in [1.29, 1.82) is 0 Å². The maximum absolute atomic E-state index is 5.96. The van der Waals surface area contributed by atoms with E-state index in [0.717, 1.165) is 50.2 Å². The Balaban J connectivity index is 0.000000270. The number of hydrogen-bond donors (Lipinski definition) is 0. The smallest absolute Gasteiger partial charge is 0.0774 e. The van der Waals surface area contributed by atoms with Crippen molar-refractivity contribution in [2.45, 2.75) is 39.5 Å². The molecule has 0 bridgehead atoms. The van der Waals surface area contributed by atoms with E-state index in [1.165, 1.54) is 22.4 Å². The number of hydrogen-bond acceptors (Lipinski definition) is 3. The minimum Gasteiger partial charge on any atom is -0.557 e. The molecule has 0 spiro atoms. The molecule has 3 aromatic heterocycles. The molecule has 0 N–H and O–H groups in total. The van der Waals surface area contributed by atoms with Crippen molar-refractivity contribution in [3.05, 3.63) is 163 Å². The molecule has 5 heteroatoms. The summed E-state index contributed by atoms with van der Waals surface area (Å²) >= 11 is 0. The Morgan fingerprint density at radius 3 is 2.08 bits per heavy atom. The van der Waals surface area contributed by atoms with Crippen molar-refractivity contribution in [3.8, 4) is 39.5 Å². The summed E-state index contributed by atoms with van der Waals surface area (Å²) in [4.78, 5) is 9.37. The fourth-order valence-corrected chi connectivity index (χ4v) is 6.22. The van der Waals surface area contributed by atoms with Gasteiger partial charge in [0.25, 0.3) is 0 Å². The van der Waals surface area contributed by atoms with Crippen LogP contribution in [0, 0.1) is 12.3 Å². The van der Waals surface area contributed by atoms with Gasteiger partial charge in [-0.2, -0.15) is 0 Å². The van der Waals surface area contributed by atoms with E-state index in [-0.39, 0.29) is 20.1 Å². The average molecular weight is 816 g/mol. The molecular weight excluding hydrogens is 779 g/mol. The number of pyridine rings is 1. The fraction of sp³-hybridized carbons (Fsp3) is 0.136. The Bertz CT molecular complexity index is 2220. The number of benzene rings is 5. The number of aromatic nitrogens is 3. The maximum Gasteiger partial charge on any atom is 0.0774 e. The van der Waals surface area contributed by atoms with Crippen LogP contribution in [0.4, 0.5) is 0 Å². The molecule has 0 atom stereocenters. The summed E-state index contributed by atoms with van der Waals surface area (Å²) in [6, 6.07) is 48.6. The molecule has 0 aliphatic rings. The van der Waals surface area contributed by atoms with Crippen molar-refractivity contribution in [1.82, 2.24) is 14.5 Å². The van der Waals surface area contributed by atoms with Gasteiger partial charge in [0.1, 0.15) is 0 Å². The number of fused-ring (bicyclic) bond motifs is 2. The summed E-state index contributed by atoms with van der Waals surface area (Å²) in [5.41, 5.74) is 11.9. The van der Waals surface area contributed by atoms with Crippen LogP contribution in [0.15, 0.2) is 144 Å². The van der Waals surface area contributed by atoms with Gasteiger partial charge in [0.15, 0.2) is 0 Å². The predicted octanol–water partition coefficient (Wildman–Crippen LogP) is 11.7. The third kappa shape index (κ3) is 6.91. The Morgan fingerprint density at radius 1 is 0.673 bits per heavy atom. The van der Waals surface area contributed by atoms with Crippen LogP contribution in [0.5, 0.6) is 0 Å². The van der Waals surface area contributed by atoms with Gasteiger partial charge in [0.2, 0.25) is 0 Å². The zero-order chi connectivity index (χ0) is 33.0. The molecule has 8 rings (SSSR count). The minimum absolute atomic E-state index is 0. The van der Waals surface area contributed by atoms with E-state index >= 15 is 0 Å². The van der Waals surface area contributed by atoms with E-state index in [0.29, 0.717) is 11.8 Å². The molecule has 0 amide bonds. The molecule has 3 heterocycles. The van der Waals surface area contributed by atoms with Gasteiger partial charge in [-0.15, -0.1) is 35.9 Å². The van der Waals surface area contributed by atoms with Gasteiger partial charge in [0, 0.05) is 43.8 Å². The minimum atomic E-state index is 0. The summed E-state index contributed by atoms with van der Waals surface area (Å²) in [5.74, 6) is 1.58. The second-order valence-electron chi connectivity index (χ2n) is 12.5. The van der Waals surface area contributed by atoms with Crippen LogP contribution in [0.1, 0.15) is 50.7 Å². The van der Waals surface area contributed by atoms with Crippen molar-refractivity contribution in [2.75, 3.05) is 0 Å². The van der Waals surface area contributed by atoms with Crippen LogP contribution in [-0.2, 0) is 20.1 Å². The van der Waals surface area contributed by atoms with E-state index in [2.05, 4.69) is 122 Å². The van der Waals surface area contributed by atoms with Crippen molar-refractivity contribution >= 4 is 22.0 Å². The SMILES string of the molecule is CC(C)c1cccc(C(C)C)c1-n1c(-c2[c-]oc3ccc(-c4ccccc4)cc23)nc2ccccc21.[Ir].[c-]1ccccc1-c1ccccn1. The largest absolute Gasteiger partial charge is 0.557 e. The normalized spacial score (nSPS) is 11.1. The molecule has 0 aliphatic heterocycles. The average Bonchev–Trinajstić information content (AvgIpc) is 3.73. The molecule has 0 saturated heterocycles. The third-order valence-electron chi connectivity index (χ3n) is 8.62. The zero-order valence-electron chi connectivity index (χ0n) is 28.0. The van der Waals surface area contributed by atoms with E-state index < -0.39 is 0 Å². The number of furan rings is 1. The first-order valence-electron chi connectivity index (χ1n) is 16.5. The van der Waals surface area contributed by atoms with Crippen LogP contribution in [0.3, 0.4) is 0 Å². The molecule has 4 nitrogen and oxygen atoms in total. The van der Waals surface area contributed by atoms with E-state index in [4.69, 9.17) is 9.40 Å². The molecule has 49 heavy (non-hydrogen) atoms. The first-order chi connectivity index (χ1) is 23.5. The monoisotopic (exact) mass is 816 g/mol. The summed E-state index contributed by atoms with van der Waals surface area (Å²) < 4.78 is 8.29. The van der Waals surface area contributed by atoms with Crippen LogP contribution < -0.4 is 0 Å². The van der Waals surface area contributed by atoms with Crippen LogP contribution in [-0.4, -0.2) is 14.5 Å². The van der Waals surface area contributed by atoms with Crippen molar-refractivity contribution < 1.29 is 24.5 Å². The van der Waals surface area contributed by atoms with Crippen LogP contribution in [0.2, 0.25) is 0 Å². The maximum atomic E-state index is 5.96. The molecule has 5 aromatic carbocycles. The molecule has 8 aromatic rings. The fourth-order valence-electron chi connectivity index (χ4n) is 6.22. The molecule has 1 radical (unpaired) electrons. The molecular formula is C44H37IrN3O-2. The van der Waals surface area contributed by atoms with Gasteiger partial charge in [-0.05, 0) is 58.0 Å². The topological polar surface area (TPSA) is 43.9 Å². The quantitative estimate of drug-likeness (QED) is 0.157. The van der Waals surface area contributed by atoms with Crippen molar-refractivity contribution in [2.24, 2.45) is 0 Å². The van der Waals surface area contributed by atoms with Crippen molar-refractivity contribution in [3.63, 3.8) is 0 Å². The van der Waals surface area contributed by atoms with Gasteiger partial charge < -0.3 is 14.0 Å². The summed E-state index contributed by atoms with van der Waals surface area (Å²) in [6.45, 7) is 9.03. The molecule has 245 valence electrons. The van der Waals surface area contributed by atoms with Gasteiger partial charge in [0.05, 0.1) is 16.9 Å². The number of para-hydroxylation sites is 3. The first kappa shape index (κ1) is 33.8. The second kappa shape index (κ2) is 15.0. The number of nitrogens with zero attached hydrogens (tertiary/aromatic N) is 3. The Labute approximate surface area is 301 Å². The zero-order valence-corrected chi connectivity index (χ0v) is 30.4. The molecule has 0 saturated carbocycles. The van der Waals surface area contributed by atoms with E-state index in [1.54, 1.807) is 6.20 Å². The van der Waals surface area contributed by atoms with E-state index in [1.807, 2.05) is 60.7 Å². The molecule has 0 unspecified atom stereocenters.